The number of nitrogens with one attached hydrogen (secondary N) is 1. The number of oxime groups is 1. The molecule has 5 nitrogen and oxygen atoms in total. The molecule has 0 saturated heterocycles. The quantitative estimate of drug-likeness (QED) is 0.755. The fraction of sp³-hybridized carbons (Fsp3) is 0.300. The van der Waals surface area contributed by atoms with Gasteiger partial charge in [-0.1, -0.05) is 58.7 Å². The first-order valence-electron chi connectivity index (χ1n) is 8.81. The summed E-state index contributed by atoms with van der Waals surface area (Å²) in [6, 6.07) is 14.8. The number of hydrogen-bond acceptors (Lipinski definition) is 3. The van der Waals surface area contributed by atoms with Crippen LogP contribution in [-0.2, 0) is 11.4 Å². The SMILES string of the molecule is CCNC(=O)N(Cc1ccccc1Cl)CC1CC(c2ccc(Cl)cc2)=NO1. The number of carbonyl (C=O) groups is 1. The lowest BCUT2D eigenvalue weighted by atomic mass is 10.0. The monoisotopic (exact) mass is 405 g/mol. The molecule has 0 aromatic heterocycles. The van der Waals surface area contributed by atoms with Crippen molar-refractivity contribution in [3.05, 3.63) is 69.7 Å². The second-order valence-corrected chi connectivity index (χ2v) is 7.13. The maximum absolute atomic E-state index is 12.5. The Morgan fingerprint density at radius 2 is 1.96 bits per heavy atom. The minimum atomic E-state index is -0.208. The highest BCUT2D eigenvalue weighted by Gasteiger charge is 2.27. The number of rotatable bonds is 6. The molecule has 2 aromatic rings. The van der Waals surface area contributed by atoms with E-state index in [-0.39, 0.29) is 12.1 Å². The van der Waals surface area contributed by atoms with Crippen molar-refractivity contribution in [1.29, 1.82) is 0 Å². The summed E-state index contributed by atoms with van der Waals surface area (Å²) in [4.78, 5) is 19.8. The van der Waals surface area contributed by atoms with E-state index in [1.54, 1.807) is 4.90 Å². The Kier molecular flexibility index (Phi) is 6.58. The van der Waals surface area contributed by atoms with Crippen LogP contribution in [-0.4, -0.2) is 35.8 Å². The number of nitrogens with zero attached hydrogens (tertiary/aromatic N) is 2. The largest absolute Gasteiger partial charge is 0.390 e. The summed E-state index contributed by atoms with van der Waals surface area (Å²) in [5.41, 5.74) is 2.71. The van der Waals surface area contributed by atoms with Gasteiger partial charge in [0, 0.05) is 29.6 Å². The number of urea groups is 1. The molecule has 2 aromatic carbocycles. The molecule has 1 unspecified atom stereocenters. The zero-order valence-corrected chi connectivity index (χ0v) is 16.5. The van der Waals surface area contributed by atoms with E-state index in [9.17, 15) is 4.79 Å². The summed E-state index contributed by atoms with van der Waals surface area (Å²) in [6.45, 7) is 3.26. The van der Waals surface area contributed by atoms with E-state index >= 15 is 0 Å². The normalized spacial score (nSPS) is 15.8. The molecule has 2 amide bonds. The van der Waals surface area contributed by atoms with Crippen LogP contribution in [0.5, 0.6) is 0 Å². The van der Waals surface area contributed by atoms with Gasteiger partial charge in [-0.15, -0.1) is 0 Å². The van der Waals surface area contributed by atoms with Crippen LogP contribution < -0.4 is 5.32 Å². The molecular formula is C20H21Cl2N3O2. The van der Waals surface area contributed by atoms with E-state index in [0.29, 0.717) is 36.1 Å². The van der Waals surface area contributed by atoms with Gasteiger partial charge in [0.05, 0.1) is 12.3 Å². The van der Waals surface area contributed by atoms with Gasteiger partial charge in [-0.05, 0) is 36.2 Å². The van der Waals surface area contributed by atoms with Gasteiger partial charge in [0.25, 0.3) is 0 Å². The van der Waals surface area contributed by atoms with Crippen LogP contribution in [0.1, 0.15) is 24.5 Å². The lowest BCUT2D eigenvalue weighted by Gasteiger charge is -2.25. The second kappa shape index (κ2) is 9.11. The Morgan fingerprint density at radius 1 is 1.22 bits per heavy atom. The zero-order valence-electron chi connectivity index (χ0n) is 15.0. The number of hydrogen-bond donors (Lipinski definition) is 1. The topological polar surface area (TPSA) is 53.9 Å². The summed E-state index contributed by atoms with van der Waals surface area (Å²) in [7, 11) is 0. The predicted octanol–water partition coefficient (Wildman–Crippen LogP) is 4.72. The van der Waals surface area contributed by atoms with Crippen molar-refractivity contribution in [3.8, 4) is 0 Å². The highest BCUT2D eigenvalue weighted by Crippen LogP contribution is 2.22. The number of halogens is 2. The Bertz CT molecular complexity index is 824. The van der Waals surface area contributed by atoms with E-state index < -0.39 is 0 Å². The molecule has 0 spiro atoms. The zero-order chi connectivity index (χ0) is 19.2. The smallest absolute Gasteiger partial charge is 0.317 e. The molecule has 0 radical (unpaired) electrons. The molecule has 1 N–H and O–H groups in total. The second-order valence-electron chi connectivity index (χ2n) is 6.28. The van der Waals surface area contributed by atoms with Crippen LogP contribution in [0.4, 0.5) is 4.79 Å². The molecule has 0 bridgehead atoms. The first-order chi connectivity index (χ1) is 13.1. The molecule has 1 aliphatic rings. The molecule has 1 atom stereocenters. The molecule has 0 fully saturated rings. The molecule has 1 heterocycles. The molecule has 27 heavy (non-hydrogen) atoms. The summed E-state index contributed by atoms with van der Waals surface area (Å²) in [6.07, 6.45) is 0.417. The van der Waals surface area contributed by atoms with Gasteiger partial charge in [0.15, 0.2) is 6.10 Å². The van der Waals surface area contributed by atoms with Gasteiger partial charge < -0.3 is 15.1 Å². The third-order valence-electron chi connectivity index (χ3n) is 4.27. The minimum Gasteiger partial charge on any atom is -0.390 e. The molecule has 142 valence electrons. The summed E-state index contributed by atoms with van der Waals surface area (Å²) >= 11 is 12.2. The third-order valence-corrected chi connectivity index (χ3v) is 4.89. The van der Waals surface area contributed by atoms with E-state index in [1.807, 2.05) is 55.5 Å². The highest BCUT2D eigenvalue weighted by atomic mass is 35.5. The average Bonchev–Trinajstić information content (AvgIpc) is 3.12. The minimum absolute atomic E-state index is 0.152. The Labute approximate surface area is 168 Å². The van der Waals surface area contributed by atoms with Crippen molar-refractivity contribution in [2.75, 3.05) is 13.1 Å². The van der Waals surface area contributed by atoms with Gasteiger partial charge in [-0.3, -0.25) is 0 Å². The summed E-state index contributed by atoms with van der Waals surface area (Å²) in [5, 5.41) is 8.35. The van der Waals surface area contributed by atoms with Crippen LogP contribution >= 0.6 is 23.2 Å². The third kappa shape index (κ3) is 5.15. The Morgan fingerprint density at radius 3 is 2.67 bits per heavy atom. The Balaban J connectivity index is 1.67. The van der Waals surface area contributed by atoms with E-state index in [0.717, 1.165) is 16.8 Å². The van der Waals surface area contributed by atoms with Gasteiger partial charge in [0.1, 0.15) is 0 Å². The van der Waals surface area contributed by atoms with E-state index in [1.165, 1.54) is 0 Å². The number of amides is 2. The lowest BCUT2D eigenvalue weighted by Crippen LogP contribution is -2.43. The standard InChI is InChI=1S/C20H21Cl2N3O2/c1-2-23-20(26)25(12-15-5-3-4-6-18(15)22)13-17-11-19(24-27-17)14-7-9-16(21)10-8-14/h3-10,17H,2,11-13H2,1H3,(H,23,26). The van der Waals surface area contributed by atoms with Crippen molar-refractivity contribution in [3.63, 3.8) is 0 Å². The Hall–Kier alpha value is -2.24. The molecule has 0 aliphatic carbocycles. The maximum atomic E-state index is 12.5. The van der Waals surface area contributed by atoms with Crippen LogP contribution in [0, 0.1) is 0 Å². The summed E-state index contributed by atoms with van der Waals surface area (Å²) < 4.78 is 0. The van der Waals surface area contributed by atoms with Crippen molar-refractivity contribution in [1.82, 2.24) is 10.2 Å². The summed E-state index contributed by atoms with van der Waals surface area (Å²) in [5.74, 6) is 0. The molecular weight excluding hydrogens is 385 g/mol. The average molecular weight is 406 g/mol. The van der Waals surface area contributed by atoms with Gasteiger partial charge in [0.2, 0.25) is 0 Å². The number of benzene rings is 2. The molecule has 7 heteroatoms. The van der Waals surface area contributed by atoms with E-state index in [2.05, 4.69) is 10.5 Å². The van der Waals surface area contributed by atoms with Crippen molar-refractivity contribution in [2.24, 2.45) is 5.16 Å². The van der Waals surface area contributed by atoms with Crippen molar-refractivity contribution < 1.29 is 9.63 Å². The highest BCUT2D eigenvalue weighted by molar-refractivity contribution is 6.31. The van der Waals surface area contributed by atoms with E-state index in [4.69, 9.17) is 28.0 Å². The van der Waals surface area contributed by atoms with Crippen LogP contribution in [0.2, 0.25) is 10.0 Å². The fourth-order valence-corrected chi connectivity index (χ4v) is 3.22. The van der Waals surface area contributed by atoms with Crippen molar-refractivity contribution >= 4 is 34.9 Å². The van der Waals surface area contributed by atoms with Crippen LogP contribution in [0.3, 0.4) is 0 Å². The van der Waals surface area contributed by atoms with Gasteiger partial charge >= 0.3 is 6.03 Å². The maximum Gasteiger partial charge on any atom is 0.317 e. The number of carbonyl (C=O) groups excluding carboxylic acids is 1. The molecule has 0 saturated carbocycles. The molecule has 3 rings (SSSR count). The predicted molar refractivity (Wildman–Crippen MR) is 108 cm³/mol. The van der Waals surface area contributed by atoms with Gasteiger partial charge in [-0.25, -0.2) is 4.79 Å². The van der Waals surface area contributed by atoms with Crippen molar-refractivity contribution in [2.45, 2.75) is 26.0 Å². The fourth-order valence-electron chi connectivity index (χ4n) is 2.90. The first-order valence-corrected chi connectivity index (χ1v) is 9.57. The lowest BCUT2D eigenvalue weighted by molar-refractivity contribution is 0.0590. The van der Waals surface area contributed by atoms with Gasteiger partial charge in [-0.2, -0.15) is 0 Å². The first kappa shape index (κ1) is 19.5. The van der Waals surface area contributed by atoms with Crippen LogP contribution in [0.15, 0.2) is 53.7 Å². The van der Waals surface area contributed by atoms with Crippen LogP contribution in [0.25, 0.3) is 0 Å². The molecule has 1 aliphatic heterocycles.